The van der Waals surface area contributed by atoms with Crippen molar-refractivity contribution in [2.45, 2.75) is 38.7 Å². The third kappa shape index (κ3) is 5.23. The molecule has 0 fully saturated rings. The molecule has 1 rings (SSSR count). The van der Waals surface area contributed by atoms with Crippen LogP contribution in [0.25, 0.3) is 0 Å². The molecule has 2 N–H and O–H groups in total. The van der Waals surface area contributed by atoms with Crippen molar-refractivity contribution in [3.63, 3.8) is 0 Å². The molecule has 0 unspecified atom stereocenters. The molecular weight excluding hydrogens is 313 g/mol. The van der Waals surface area contributed by atoms with Gasteiger partial charge in [-0.25, -0.2) is 0 Å². The van der Waals surface area contributed by atoms with Crippen molar-refractivity contribution >= 4 is 11.6 Å². The van der Waals surface area contributed by atoms with Crippen molar-refractivity contribution in [1.29, 1.82) is 5.26 Å². The van der Waals surface area contributed by atoms with Crippen molar-refractivity contribution in [2.75, 3.05) is 11.9 Å². The number of amides is 1. The van der Waals surface area contributed by atoms with Crippen molar-refractivity contribution in [1.82, 2.24) is 0 Å². The third-order valence-corrected chi connectivity index (χ3v) is 2.89. The standard InChI is InChI=1S/C15H17F3N2O3/c1-9(2)23-8-14(3,22)13(21)20-11-5-4-10(7-19)12(6-11)15(16,17)18/h4-6,9,22H,8H2,1-3H3,(H,20,21)/t14-/m0/s1. The second kappa shape index (κ2) is 6.98. The summed E-state index contributed by atoms with van der Waals surface area (Å²) in [4.78, 5) is 12.0. The predicted molar refractivity (Wildman–Crippen MR) is 76.5 cm³/mol. The van der Waals surface area contributed by atoms with Gasteiger partial charge in [0.15, 0.2) is 5.60 Å². The molecule has 0 spiro atoms. The highest BCUT2D eigenvalue weighted by molar-refractivity contribution is 5.97. The zero-order valence-electron chi connectivity index (χ0n) is 12.9. The summed E-state index contributed by atoms with van der Waals surface area (Å²) in [7, 11) is 0. The molecule has 0 aromatic heterocycles. The predicted octanol–water partition coefficient (Wildman–Crippen LogP) is 2.69. The van der Waals surface area contributed by atoms with Crippen molar-refractivity contribution in [3.05, 3.63) is 29.3 Å². The summed E-state index contributed by atoms with van der Waals surface area (Å²) in [5.41, 5.74) is -3.79. The molecule has 0 heterocycles. The van der Waals surface area contributed by atoms with Gasteiger partial charge in [-0.1, -0.05) is 0 Å². The molecule has 1 atom stereocenters. The summed E-state index contributed by atoms with van der Waals surface area (Å²) in [6.45, 7) is 4.31. The van der Waals surface area contributed by atoms with E-state index in [9.17, 15) is 23.1 Å². The van der Waals surface area contributed by atoms with Crippen LogP contribution in [-0.4, -0.2) is 29.3 Å². The van der Waals surface area contributed by atoms with Crippen molar-refractivity contribution in [2.24, 2.45) is 0 Å². The van der Waals surface area contributed by atoms with Crippen molar-refractivity contribution in [3.8, 4) is 6.07 Å². The molecule has 1 aromatic rings. The van der Waals surface area contributed by atoms with Crippen LogP contribution in [0.1, 0.15) is 31.9 Å². The van der Waals surface area contributed by atoms with Crippen LogP contribution in [0.2, 0.25) is 0 Å². The maximum Gasteiger partial charge on any atom is 0.417 e. The van der Waals surface area contributed by atoms with E-state index in [0.29, 0.717) is 6.07 Å². The molecule has 0 aliphatic heterocycles. The molecule has 0 aliphatic carbocycles. The van der Waals surface area contributed by atoms with Crippen LogP contribution in [0.5, 0.6) is 0 Å². The van der Waals surface area contributed by atoms with Gasteiger partial charge < -0.3 is 15.2 Å². The highest BCUT2D eigenvalue weighted by atomic mass is 19.4. The maximum absolute atomic E-state index is 12.9. The van der Waals surface area contributed by atoms with Gasteiger partial charge in [-0.2, -0.15) is 18.4 Å². The summed E-state index contributed by atoms with van der Waals surface area (Å²) in [6, 6.07) is 4.21. The number of alkyl halides is 3. The van der Waals surface area contributed by atoms with Gasteiger partial charge in [0.1, 0.15) is 0 Å². The van der Waals surface area contributed by atoms with E-state index in [2.05, 4.69) is 5.32 Å². The molecule has 1 aromatic carbocycles. The van der Waals surface area contributed by atoms with Crippen LogP contribution in [0.15, 0.2) is 18.2 Å². The van der Waals surface area contributed by atoms with Crippen molar-refractivity contribution < 1.29 is 27.8 Å². The Hall–Kier alpha value is -2.11. The average Bonchev–Trinajstić information content (AvgIpc) is 2.44. The van der Waals surface area contributed by atoms with Gasteiger partial charge in [-0.15, -0.1) is 0 Å². The number of aliphatic hydroxyl groups is 1. The van der Waals surface area contributed by atoms with Gasteiger partial charge in [0.05, 0.1) is 29.9 Å². The number of nitrogens with zero attached hydrogens (tertiary/aromatic N) is 1. The molecule has 0 bridgehead atoms. The number of hydrogen-bond acceptors (Lipinski definition) is 4. The Kier molecular flexibility index (Phi) is 5.75. The Morgan fingerprint density at radius 2 is 2.04 bits per heavy atom. The maximum atomic E-state index is 12.9. The third-order valence-electron chi connectivity index (χ3n) is 2.89. The number of hydrogen-bond donors (Lipinski definition) is 2. The van der Waals surface area contributed by atoms with Gasteiger partial charge in [0, 0.05) is 5.69 Å². The van der Waals surface area contributed by atoms with Crippen LogP contribution in [0, 0.1) is 11.3 Å². The van der Waals surface area contributed by atoms with Gasteiger partial charge >= 0.3 is 6.18 Å². The number of ether oxygens (including phenoxy) is 1. The van der Waals surface area contributed by atoms with Crippen LogP contribution in [-0.2, 0) is 15.7 Å². The summed E-state index contributed by atoms with van der Waals surface area (Å²) < 4.78 is 43.7. The normalized spacial score (nSPS) is 14.2. The zero-order chi connectivity index (χ0) is 17.8. The molecule has 0 aliphatic rings. The summed E-state index contributed by atoms with van der Waals surface area (Å²) >= 11 is 0. The van der Waals surface area contributed by atoms with Gasteiger partial charge in [-0.3, -0.25) is 4.79 Å². The minimum Gasteiger partial charge on any atom is -0.378 e. The smallest absolute Gasteiger partial charge is 0.378 e. The quantitative estimate of drug-likeness (QED) is 0.869. The molecule has 8 heteroatoms. The van der Waals surface area contributed by atoms with Crippen LogP contribution in [0.4, 0.5) is 18.9 Å². The molecule has 5 nitrogen and oxygen atoms in total. The van der Waals surface area contributed by atoms with E-state index in [0.717, 1.165) is 12.1 Å². The van der Waals surface area contributed by atoms with Gasteiger partial charge in [0.2, 0.25) is 0 Å². The fraction of sp³-hybridized carbons (Fsp3) is 0.467. The number of anilines is 1. The monoisotopic (exact) mass is 330 g/mol. The number of nitrogens with one attached hydrogen (secondary N) is 1. The minimum atomic E-state index is -4.73. The molecule has 0 radical (unpaired) electrons. The first-order valence-corrected chi connectivity index (χ1v) is 6.74. The second-order valence-electron chi connectivity index (χ2n) is 5.46. The summed E-state index contributed by atoms with van der Waals surface area (Å²) in [5, 5.41) is 20.9. The summed E-state index contributed by atoms with van der Waals surface area (Å²) in [5.74, 6) is -0.906. The Bertz CT molecular complexity index is 619. The van der Waals surface area contributed by atoms with E-state index in [1.165, 1.54) is 13.0 Å². The number of halogens is 3. The second-order valence-corrected chi connectivity index (χ2v) is 5.46. The van der Waals surface area contributed by atoms with E-state index in [-0.39, 0.29) is 18.4 Å². The van der Waals surface area contributed by atoms with E-state index in [1.807, 2.05) is 0 Å². The molecule has 23 heavy (non-hydrogen) atoms. The number of carbonyl (C=O) groups excluding carboxylic acids is 1. The van der Waals surface area contributed by atoms with Gasteiger partial charge in [0.25, 0.3) is 5.91 Å². The number of carbonyl (C=O) groups is 1. The highest BCUT2D eigenvalue weighted by Gasteiger charge is 2.35. The van der Waals surface area contributed by atoms with E-state index in [1.54, 1.807) is 13.8 Å². The lowest BCUT2D eigenvalue weighted by Crippen LogP contribution is -2.44. The largest absolute Gasteiger partial charge is 0.417 e. The summed E-state index contributed by atoms with van der Waals surface area (Å²) in [6.07, 6.45) is -4.95. The topological polar surface area (TPSA) is 82.3 Å². The molecule has 126 valence electrons. The minimum absolute atomic E-state index is 0.175. The lowest BCUT2D eigenvalue weighted by Gasteiger charge is -2.23. The number of rotatable bonds is 5. The first-order valence-electron chi connectivity index (χ1n) is 6.74. The van der Waals surface area contributed by atoms with Crippen LogP contribution in [0.3, 0.4) is 0 Å². The number of nitriles is 1. The van der Waals surface area contributed by atoms with Crippen LogP contribution >= 0.6 is 0 Å². The Balaban J connectivity index is 2.97. The highest BCUT2D eigenvalue weighted by Crippen LogP contribution is 2.33. The molecule has 0 saturated carbocycles. The lowest BCUT2D eigenvalue weighted by molar-refractivity contribution is -0.140. The Labute approximate surface area is 131 Å². The fourth-order valence-electron chi connectivity index (χ4n) is 1.61. The molecule has 1 amide bonds. The average molecular weight is 330 g/mol. The van der Waals surface area contributed by atoms with Gasteiger partial charge in [-0.05, 0) is 39.0 Å². The Morgan fingerprint density at radius 1 is 1.43 bits per heavy atom. The van der Waals surface area contributed by atoms with E-state index >= 15 is 0 Å². The first kappa shape index (κ1) is 18.9. The fourth-order valence-corrected chi connectivity index (χ4v) is 1.61. The first-order chi connectivity index (χ1) is 10.5. The molecule has 0 saturated heterocycles. The Morgan fingerprint density at radius 3 is 2.52 bits per heavy atom. The van der Waals surface area contributed by atoms with E-state index in [4.69, 9.17) is 10.00 Å². The lowest BCUT2D eigenvalue weighted by atomic mass is 10.1. The van der Waals surface area contributed by atoms with E-state index < -0.39 is 28.8 Å². The SMILES string of the molecule is CC(C)OC[C@](C)(O)C(=O)Nc1ccc(C#N)c(C(F)(F)F)c1. The number of benzene rings is 1. The van der Waals surface area contributed by atoms with Crippen LogP contribution < -0.4 is 5.32 Å². The zero-order valence-corrected chi connectivity index (χ0v) is 12.9. The molecular formula is C15H17F3N2O3.